The van der Waals surface area contributed by atoms with E-state index in [0.717, 1.165) is 12.3 Å². The van der Waals surface area contributed by atoms with Gasteiger partial charge in [-0.2, -0.15) is 0 Å². The number of rotatable bonds is 6. The molecule has 1 aromatic carbocycles. The largest absolute Gasteiger partial charge is 0.496 e. The molecule has 0 bridgehead atoms. The van der Waals surface area contributed by atoms with Crippen LogP contribution in [0.5, 0.6) is 5.75 Å². The van der Waals surface area contributed by atoms with E-state index in [1.165, 1.54) is 57.3 Å². The van der Waals surface area contributed by atoms with Gasteiger partial charge in [-0.05, 0) is 56.3 Å². The molecule has 0 amide bonds. The molecule has 1 heterocycles. The van der Waals surface area contributed by atoms with E-state index in [4.69, 9.17) is 4.74 Å². The molecule has 1 saturated carbocycles. The van der Waals surface area contributed by atoms with Gasteiger partial charge in [0.2, 0.25) is 0 Å². The Morgan fingerprint density at radius 3 is 2.67 bits per heavy atom. The summed E-state index contributed by atoms with van der Waals surface area (Å²) in [7, 11) is 1.77. The highest BCUT2D eigenvalue weighted by molar-refractivity contribution is 5.37. The lowest BCUT2D eigenvalue weighted by molar-refractivity contribution is 0.213. The van der Waals surface area contributed by atoms with Crippen molar-refractivity contribution in [2.75, 3.05) is 33.3 Å². The molecular formula is C18H28N2O. The lowest BCUT2D eigenvalue weighted by atomic mass is 9.75. The lowest BCUT2D eigenvalue weighted by Gasteiger charge is -2.37. The summed E-state index contributed by atoms with van der Waals surface area (Å²) in [6.07, 6.45) is 6.70. The summed E-state index contributed by atoms with van der Waals surface area (Å²) in [5, 5.41) is 3.72. The molecular weight excluding hydrogens is 260 g/mol. The number of piperidine rings is 1. The first kappa shape index (κ1) is 14.9. The molecule has 0 unspecified atom stereocenters. The Hall–Kier alpha value is -1.06. The van der Waals surface area contributed by atoms with Crippen molar-refractivity contribution >= 4 is 0 Å². The molecule has 0 atom stereocenters. The Kier molecular flexibility index (Phi) is 5.15. The zero-order valence-corrected chi connectivity index (χ0v) is 13.2. The van der Waals surface area contributed by atoms with Gasteiger partial charge >= 0.3 is 0 Å². The molecule has 0 radical (unpaired) electrons. The third kappa shape index (κ3) is 3.78. The van der Waals surface area contributed by atoms with Crippen molar-refractivity contribution in [2.24, 2.45) is 0 Å². The summed E-state index contributed by atoms with van der Waals surface area (Å²) in [5.74, 6) is 1.72. The Labute approximate surface area is 128 Å². The number of likely N-dealkylation sites (tertiary alicyclic amines) is 1. The van der Waals surface area contributed by atoms with Crippen LogP contribution in [0.1, 0.15) is 43.6 Å². The third-order valence-corrected chi connectivity index (χ3v) is 5.03. The first-order chi connectivity index (χ1) is 10.4. The second-order valence-corrected chi connectivity index (χ2v) is 6.46. The first-order valence-corrected chi connectivity index (χ1v) is 8.45. The van der Waals surface area contributed by atoms with Crippen molar-refractivity contribution in [1.29, 1.82) is 0 Å². The Morgan fingerprint density at radius 2 is 1.90 bits per heavy atom. The number of hydrogen-bond acceptors (Lipinski definition) is 3. The minimum Gasteiger partial charge on any atom is -0.496 e. The van der Waals surface area contributed by atoms with Gasteiger partial charge in [0.1, 0.15) is 5.75 Å². The SMILES string of the molecule is COc1ccccc1C1CC(NCCN2CCCCC2)C1. The van der Waals surface area contributed by atoms with Gasteiger partial charge in [-0.3, -0.25) is 0 Å². The van der Waals surface area contributed by atoms with Crippen molar-refractivity contribution in [1.82, 2.24) is 10.2 Å². The highest BCUT2D eigenvalue weighted by Gasteiger charge is 2.31. The standard InChI is InChI=1S/C18H28N2O/c1-21-18-8-4-3-7-17(18)15-13-16(14-15)19-9-12-20-10-5-2-6-11-20/h3-4,7-8,15-16,19H,2,5-6,9-14H2,1H3. The van der Waals surface area contributed by atoms with Crippen molar-refractivity contribution in [3.8, 4) is 5.75 Å². The van der Waals surface area contributed by atoms with Gasteiger partial charge in [0.15, 0.2) is 0 Å². The summed E-state index contributed by atoms with van der Waals surface area (Å²) in [6.45, 7) is 4.96. The molecule has 0 aromatic heterocycles. The van der Waals surface area contributed by atoms with Crippen LogP contribution in [0.25, 0.3) is 0 Å². The smallest absolute Gasteiger partial charge is 0.122 e. The summed E-state index contributed by atoms with van der Waals surface area (Å²) >= 11 is 0. The fourth-order valence-electron chi connectivity index (χ4n) is 3.65. The number of ether oxygens (including phenoxy) is 1. The highest BCUT2D eigenvalue weighted by atomic mass is 16.5. The fourth-order valence-corrected chi connectivity index (χ4v) is 3.65. The molecule has 21 heavy (non-hydrogen) atoms. The molecule has 1 N–H and O–H groups in total. The van der Waals surface area contributed by atoms with Gasteiger partial charge in [-0.15, -0.1) is 0 Å². The summed E-state index contributed by atoms with van der Waals surface area (Å²) in [6, 6.07) is 9.16. The number of para-hydroxylation sites is 1. The zero-order chi connectivity index (χ0) is 14.5. The molecule has 3 heteroatoms. The normalized spacial score (nSPS) is 26.3. The maximum Gasteiger partial charge on any atom is 0.122 e. The second-order valence-electron chi connectivity index (χ2n) is 6.46. The van der Waals surface area contributed by atoms with Crippen LogP contribution in [0, 0.1) is 0 Å². The molecule has 1 aromatic rings. The number of nitrogens with zero attached hydrogens (tertiary/aromatic N) is 1. The quantitative estimate of drug-likeness (QED) is 0.871. The number of benzene rings is 1. The van der Waals surface area contributed by atoms with Crippen LogP contribution in [0.4, 0.5) is 0 Å². The van der Waals surface area contributed by atoms with E-state index in [1.807, 2.05) is 0 Å². The Bertz CT molecular complexity index is 437. The maximum atomic E-state index is 5.47. The van der Waals surface area contributed by atoms with Gasteiger partial charge in [-0.25, -0.2) is 0 Å². The fraction of sp³-hybridized carbons (Fsp3) is 0.667. The van der Waals surface area contributed by atoms with Gasteiger partial charge in [-0.1, -0.05) is 24.6 Å². The average molecular weight is 288 g/mol. The number of methoxy groups -OCH3 is 1. The van der Waals surface area contributed by atoms with E-state index in [1.54, 1.807) is 7.11 Å². The minimum atomic E-state index is 0.675. The van der Waals surface area contributed by atoms with Crippen LogP contribution in [-0.2, 0) is 0 Å². The third-order valence-electron chi connectivity index (χ3n) is 5.03. The topological polar surface area (TPSA) is 24.5 Å². The number of nitrogens with one attached hydrogen (secondary N) is 1. The number of hydrogen-bond donors (Lipinski definition) is 1. The van der Waals surface area contributed by atoms with Crippen LogP contribution >= 0.6 is 0 Å². The van der Waals surface area contributed by atoms with E-state index in [9.17, 15) is 0 Å². The van der Waals surface area contributed by atoms with Crippen LogP contribution in [0.3, 0.4) is 0 Å². The molecule has 2 aliphatic rings. The first-order valence-electron chi connectivity index (χ1n) is 8.45. The molecule has 116 valence electrons. The average Bonchev–Trinajstić information content (AvgIpc) is 2.50. The van der Waals surface area contributed by atoms with Crippen LogP contribution in [-0.4, -0.2) is 44.2 Å². The molecule has 1 aliphatic heterocycles. The minimum absolute atomic E-state index is 0.675. The van der Waals surface area contributed by atoms with Crippen LogP contribution in [0.15, 0.2) is 24.3 Å². The summed E-state index contributed by atoms with van der Waals surface area (Å²) in [4.78, 5) is 2.60. The van der Waals surface area contributed by atoms with Gasteiger partial charge in [0.25, 0.3) is 0 Å². The molecule has 3 nitrogen and oxygen atoms in total. The predicted molar refractivity (Wildman–Crippen MR) is 87.1 cm³/mol. The van der Waals surface area contributed by atoms with Crippen LogP contribution < -0.4 is 10.1 Å². The van der Waals surface area contributed by atoms with Crippen LogP contribution in [0.2, 0.25) is 0 Å². The van der Waals surface area contributed by atoms with Crippen molar-refractivity contribution in [3.05, 3.63) is 29.8 Å². The van der Waals surface area contributed by atoms with E-state index in [-0.39, 0.29) is 0 Å². The van der Waals surface area contributed by atoms with Gasteiger partial charge in [0.05, 0.1) is 7.11 Å². The Balaban J connectivity index is 1.37. The monoisotopic (exact) mass is 288 g/mol. The van der Waals surface area contributed by atoms with Gasteiger partial charge < -0.3 is 15.0 Å². The second kappa shape index (κ2) is 7.28. The van der Waals surface area contributed by atoms with E-state index in [2.05, 4.69) is 34.5 Å². The molecule has 1 aliphatic carbocycles. The molecule has 2 fully saturated rings. The Morgan fingerprint density at radius 1 is 1.14 bits per heavy atom. The van der Waals surface area contributed by atoms with Gasteiger partial charge in [0, 0.05) is 19.1 Å². The molecule has 0 spiro atoms. The van der Waals surface area contributed by atoms with E-state index >= 15 is 0 Å². The summed E-state index contributed by atoms with van der Waals surface area (Å²) < 4.78 is 5.47. The van der Waals surface area contributed by atoms with E-state index < -0.39 is 0 Å². The maximum absolute atomic E-state index is 5.47. The molecule has 3 rings (SSSR count). The highest BCUT2D eigenvalue weighted by Crippen LogP contribution is 2.40. The zero-order valence-electron chi connectivity index (χ0n) is 13.2. The predicted octanol–water partition coefficient (Wildman–Crippen LogP) is 3.02. The lowest BCUT2D eigenvalue weighted by Crippen LogP contribution is -2.44. The van der Waals surface area contributed by atoms with E-state index in [0.29, 0.717) is 12.0 Å². The molecule has 1 saturated heterocycles. The van der Waals surface area contributed by atoms with Crippen molar-refractivity contribution in [2.45, 2.75) is 44.1 Å². The van der Waals surface area contributed by atoms with Crippen molar-refractivity contribution < 1.29 is 4.74 Å². The summed E-state index contributed by atoms with van der Waals surface area (Å²) in [5.41, 5.74) is 1.38. The van der Waals surface area contributed by atoms with Crippen molar-refractivity contribution in [3.63, 3.8) is 0 Å².